The first-order chi connectivity index (χ1) is 5.24. The fourth-order valence-electron chi connectivity index (χ4n) is 1.06. The zero-order valence-electron chi connectivity index (χ0n) is 7.25. The van der Waals surface area contributed by atoms with Crippen molar-refractivity contribution in [1.29, 1.82) is 0 Å². The molecule has 0 saturated carbocycles. The van der Waals surface area contributed by atoms with Gasteiger partial charge in [0.15, 0.2) is 0 Å². The molecule has 1 aliphatic rings. The predicted molar refractivity (Wildman–Crippen MR) is 42.2 cm³/mol. The van der Waals surface area contributed by atoms with Crippen LogP contribution >= 0.6 is 0 Å². The van der Waals surface area contributed by atoms with Gasteiger partial charge < -0.3 is 11.7 Å². The number of ether oxygens (including phenoxy) is 1. The van der Waals surface area contributed by atoms with Crippen LogP contribution in [-0.4, -0.2) is 5.97 Å². The van der Waals surface area contributed by atoms with Crippen molar-refractivity contribution in [3.8, 4) is 0 Å². The molecule has 0 aromatic carbocycles. The van der Waals surface area contributed by atoms with E-state index in [-0.39, 0.29) is 44.6 Å². The van der Waals surface area contributed by atoms with E-state index in [4.69, 9.17) is 4.74 Å². The molecule has 0 bridgehead atoms. The van der Waals surface area contributed by atoms with Gasteiger partial charge in [-0.05, 0) is 6.92 Å². The number of carbonyl (C=O) groups is 1. The molecule has 0 spiro atoms. The van der Waals surface area contributed by atoms with E-state index < -0.39 is 0 Å². The summed E-state index contributed by atoms with van der Waals surface area (Å²) < 4.78 is 4.80. The van der Waals surface area contributed by atoms with Crippen LogP contribution in [0.2, 0.25) is 0 Å². The van der Waals surface area contributed by atoms with E-state index in [1.165, 1.54) is 0 Å². The maximum Gasteiger partial charge on any atom is 0.301 e. The molecule has 0 amide bonds. The molecule has 2 nitrogen and oxygen atoms in total. The van der Waals surface area contributed by atoms with E-state index in [0.29, 0.717) is 5.57 Å². The molecule has 0 N–H and O–H groups in total. The Hall–Kier alpha value is 0.314. The van der Waals surface area contributed by atoms with Gasteiger partial charge in [-0.1, -0.05) is 12.5 Å². The van der Waals surface area contributed by atoms with Crippen LogP contribution in [0.5, 0.6) is 0 Å². The summed E-state index contributed by atoms with van der Waals surface area (Å²) in [4.78, 5) is 10.8. The standard InChI is InChI=1S/C9H12O2.Y/c1-3-4-8-5-7(2)9(10)11-6-8;/h5-6,8H,1,3-4H2,2H3;/q-2;. The third-order valence-electron chi connectivity index (χ3n) is 1.67. The zero-order chi connectivity index (χ0) is 8.27. The molecule has 3 heteroatoms. The normalized spacial score (nSPS) is 22.3. The van der Waals surface area contributed by atoms with Gasteiger partial charge in [0, 0.05) is 38.3 Å². The SMILES string of the molecule is [CH2-]CCC1C=C(C)C(=O)O[CH-]1.[Y]. The smallest absolute Gasteiger partial charge is 0.301 e. The summed E-state index contributed by atoms with van der Waals surface area (Å²) in [6.45, 7) is 7.09. The van der Waals surface area contributed by atoms with Crippen molar-refractivity contribution in [3.05, 3.63) is 25.2 Å². The molecule has 12 heavy (non-hydrogen) atoms. The molecule has 65 valence electrons. The van der Waals surface area contributed by atoms with E-state index in [1.54, 1.807) is 13.5 Å². The Morgan fingerprint density at radius 3 is 2.92 bits per heavy atom. The molecule has 1 heterocycles. The van der Waals surface area contributed by atoms with Crippen molar-refractivity contribution >= 4 is 5.97 Å². The van der Waals surface area contributed by atoms with Gasteiger partial charge in [-0.2, -0.15) is 13.0 Å². The Kier molecular flexibility index (Phi) is 6.03. The zero-order valence-corrected chi connectivity index (χ0v) is 10.1. The number of esters is 1. The minimum atomic E-state index is -0.231. The van der Waals surface area contributed by atoms with Crippen molar-refractivity contribution < 1.29 is 42.2 Å². The summed E-state index contributed by atoms with van der Waals surface area (Å²) in [5.41, 5.74) is 0.700. The fourth-order valence-corrected chi connectivity index (χ4v) is 1.06. The Morgan fingerprint density at radius 2 is 2.42 bits per heavy atom. The minimum absolute atomic E-state index is 0. The Balaban J connectivity index is 0.00000121. The molecular formula is C9H12O2Y-2. The van der Waals surface area contributed by atoms with Crippen LogP contribution in [0, 0.1) is 19.4 Å². The number of rotatable bonds is 2. The van der Waals surface area contributed by atoms with Crippen LogP contribution in [0.25, 0.3) is 0 Å². The van der Waals surface area contributed by atoms with Gasteiger partial charge in [0.25, 0.3) is 0 Å². The van der Waals surface area contributed by atoms with Crippen LogP contribution in [-0.2, 0) is 42.2 Å². The van der Waals surface area contributed by atoms with Gasteiger partial charge in [0.05, 0.1) is 0 Å². The number of hydrogen-bond donors (Lipinski definition) is 0. The Labute approximate surface area is 98.6 Å². The fraction of sp³-hybridized carbons (Fsp3) is 0.444. The van der Waals surface area contributed by atoms with E-state index in [9.17, 15) is 4.79 Å². The van der Waals surface area contributed by atoms with Crippen LogP contribution in [0.3, 0.4) is 0 Å². The van der Waals surface area contributed by atoms with Gasteiger partial charge in [0.2, 0.25) is 0 Å². The predicted octanol–water partition coefficient (Wildman–Crippen LogP) is 1.88. The first kappa shape index (κ1) is 12.3. The largest absolute Gasteiger partial charge is 0.633 e. The second kappa shape index (κ2) is 5.87. The van der Waals surface area contributed by atoms with Crippen LogP contribution in [0.15, 0.2) is 11.6 Å². The van der Waals surface area contributed by atoms with Crippen molar-refractivity contribution in [2.75, 3.05) is 0 Å². The van der Waals surface area contributed by atoms with E-state index >= 15 is 0 Å². The van der Waals surface area contributed by atoms with Crippen LogP contribution < -0.4 is 0 Å². The van der Waals surface area contributed by atoms with Crippen molar-refractivity contribution in [2.24, 2.45) is 5.92 Å². The Morgan fingerprint density at radius 1 is 1.75 bits per heavy atom. The number of carbonyl (C=O) groups excluding carboxylic acids is 1. The van der Waals surface area contributed by atoms with Gasteiger partial charge in [0.1, 0.15) is 0 Å². The topological polar surface area (TPSA) is 26.3 Å². The van der Waals surface area contributed by atoms with Crippen LogP contribution in [0.4, 0.5) is 0 Å². The van der Waals surface area contributed by atoms with Crippen molar-refractivity contribution in [2.45, 2.75) is 19.8 Å². The summed E-state index contributed by atoms with van der Waals surface area (Å²) in [6, 6.07) is 0. The summed E-state index contributed by atoms with van der Waals surface area (Å²) in [5, 5.41) is 0. The third-order valence-corrected chi connectivity index (χ3v) is 1.67. The molecule has 0 aromatic rings. The van der Waals surface area contributed by atoms with E-state index in [0.717, 1.165) is 12.8 Å². The Bertz CT molecular complexity index is 187. The number of hydrogen-bond acceptors (Lipinski definition) is 2. The average Bonchev–Trinajstić information content (AvgIpc) is 1.98. The van der Waals surface area contributed by atoms with Crippen LogP contribution in [0.1, 0.15) is 19.8 Å². The third kappa shape index (κ3) is 3.36. The molecule has 1 rings (SSSR count). The minimum Gasteiger partial charge on any atom is -0.633 e. The summed E-state index contributed by atoms with van der Waals surface area (Å²) in [7, 11) is 0. The van der Waals surface area contributed by atoms with Gasteiger partial charge in [-0.25, -0.2) is 4.79 Å². The van der Waals surface area contributed by atoms with Crippen molar-refractivity contribution in [3.63, 3.8) is 0 Å². The monoisotopic (exact) mass is 241 g/mol. The molecule has 1 radical (unpaired) electrons. The molecule has 1 unspecified atom stereocenters. The number of cyclic esters (lactones) is 1. The molecule has 0 fully saturated rings. The molecule has 1 atom stereocenters. The second-order valence-corrected chi connectivity index (χ2v) is 2.70. The molecule has 0 saturated heterocycles. The summed E-state index contributed by atoms with van der Waals surface area (Å²) in [5.74, 6) is 0.0375. The summed E-state index contributed by atoms with van der Waals surface area (Å²) in [6.07, 6.45) is 3.74. The first-order valence-corrected chi connectivity index (χ1v) is 3.76. The summed E-state index contributed by atoms with van der Waals surface area (Å²) >= 11 is 0. The average molecular weight is 241 g/mol. The molecule has 1 aliphatic heterocycles. The quantitative estimate of drug-likeness (QED) is 0.545. The van der Waals surface area contributed by atoms with Gasteiger partial charge in [-0.15, -0.1) is 5.92 Å². The maximum absolute atomic E-state index is 10.8. The van der Waals surface area contributed by atoms with Gasteiger partial charge in [-0.3, -0.25) is 0 Å². The van der Waals surface area contributed by atoms with Crippen molar-refractivity contribution in [1.82, 2.24) is 0 Å². The van der Waals surface area contributed by atoms with E-state index in [2.05, 4.69) is 6.92 Å². The molecule has 0 aromatic heterocycles. The van der Waals surface area contributed by atoms with E-state index in [1.807, 2.05) is 6.08 Å². The molecular weight excluding hydrogens is 229 g/mol. The first-order valence-electron chi connectivity index (χ1n) is 3.76. The molecule has 0 aliphatic carbocycles. The van der Waals surface area contributed by atoms with Gasteiger partial charge >= 0.3 is 5.97 Å². The maximum atomic E-state index is 10.8. The second-order valence-electron chi connectivity index (χ2n) is 2.70.